The number of para-hydroxylation sites is 1. The van der Waals surface area contributed by atoms with Crippen molar-refractivity contribution in [3.63, 3.8) is 0 Å². The molecule has 0 unspecified atom stereocenters. The largest absolute Gasteiger partial charge is 0.342 e. The second-order valence-electron chi connectivity index (χ2n) is 3.42. The monoisotopic (exact) mass is 208 g/mol. The van der Waals surface area contributed by atoms with Crippen LogP contribution in [0.15, 0.2) is 18.2 Å². The number of hydrogen-bond acceptors (Lipinski definition) is 1. The normalized spacial score (nSPS) is 11.0. The lowest BCUT2D eigenvalue weighted by Gasteiger charge is -1.90. The second kappa shape index (κ2) is 4.01. The van der Waals surface area contributed by atoms with Crippen LogP contribution < -0.4 is 0 Å². The van der Waals surface area contributed by atoms with E-state index in [4.69, 9.17) is 11.6 Å². The highest BCUT2D eigenvalue weighted by Crippen LogP contribution is 2.21. The summed E-state index contributed by atoms with van der Waals surface area (Å²) < 4.78 is 0. The third-order valence-electron chi connectivity index (χ3n) is 2.28. The number of nitrogens with zero attached hydrogens (tertiary/aromatic N) is 1. The molecule has 0 aliphatic carbocycles. The van der Waals surface area contributed by atoms with Crippen LogP contribution in [0.25, 0.3) is 11.0 Å². The van der Waals surface area contributed by atoms with Crippen molar-refractivity contribution in [3.05, 3.63) is 29.0 Å². The van der Waals surface area contributed by atoms with Crippen molar-refractivity contribution in [1.82, 2.24) is 9.97 Å². The molecule has 0 atom stereocenters. The van der Waals surface area contributed by atoms with E-state index in [0.717, 1.165) is 34.7 Å². The molecule has 0 saturated heterocycles. The van der Waals surface area contributed by atoms with Gasteiger partial charge in [-0.1, -0.05) is 31.0 Å². The number of aryl methyl sites for hydroxylation is 1. The summed E-state index contributed by atoms with van der Waals surface area (Å²) in [4.78, 5) is 7.74. The first-order valence-electron chi connectivity index (χ1n) is 4.94. The molecule has 0 spiro atoms. The quantitative estimate of drug-likeness (QED) is 0.821. The summed E-state index contributed by atoms with van der Waals surface area (Å²) in [5.41, 5.74) is 1.92. The Morgan fingerprint density at radius 1 is 1.43 bits per heavy atom. The summed E-state index contributed by atoms with van der Waals surface area (Å²) in [5, 5.41) is 0.724. The zero-order valence-corrected chi connectivity index (χ0v) is 8.93. The topological polar surface area (TPSA) is 28.7 Å². The molecule has 0 radical (unpaired) electrons. The number of aromatic amines is 1. The Morgan fingerprint density at radius 2 is 2.29 bits per heavy atom. The van der Waals surface area contributed by atoms with Gasteiger partial charge in [-0.05, 0) is 18.6 Å². The second-order valence-corrected chi connectivity index (χ2v) is 3.83. The number of halogens is 1. The molecule has 0 aliphatic heterocycles. The van der Waals surface area contributed by atoms with Gasteiger partial charge in [0, 0.05) is 6.42 Å². The average molecular weight is 209 g/mol. The summed E-state index contributed by atoms with van der Waals surface area (Å²) in [6, 6.07) is 5.81. The highest BCUT2D eigenvalue weighted by molar-refractivity contribution is 6.34. The van der Waals surface area contributed by atoms with Crippen molar-refractivity contribution >= 4 is 22.6 Å². The van der Waals surface area contributed by atoms with Gasteiger partial charge in [0.25, 0.3) is 0 Å². The molecular weight excluding hydrogens is 196 g/mol. The fourth-order valence-electron chi connectivity index (χ4n) is 1.51. The lowest BCUT2D eigenvalue weighted by atomic mass is 10.2. The lowest BCUT2D eigenvalue weighted by molar-refractivity contribution is 0.765. The van der Waals surface area contributed by atoms with E-state index in [0.29, 0.717) is 0 Å². The van der Waals surface area contributed by atoms with Crippen LogP contribution in [-0.4, -0.2) is 9.97 Å². The van der Waals surface area contributed by atoms with Crippen molar-refractivity contribution in [2.75, 3.05) is 0 Å². The van der Waals surface area contributed by atoms with E-state index in [2.05, 4.69) is 16.9 Å². The van der Waals surface area contributed by atoms with Crippen molar-refractivity contribution < 1.29 is 0 Å². The smallest absolute Gasteiger partial charge is 0.107 e. The van der Waals surface area contributed by atoms with E-state index in [-0.39, 0.29) is 0 Å². The predicted octanol–water partition coefficient (Wildman–Crippen LogP) is 3.56. The van der Waals surface area contributed by atoms with Crippen LogP contribution in [0.4, 0.5) is 0 Å². The maximum absolute atomic E-state index is 6.02. The highest BCUT2D eigenvalue weighted by atomic mass is 35.5. The molecule has 3 heteroatoms. The molecule has 1 aromatic heterocycles. The molecule has 14 heavy (non-hydrogen) atoms. The van der Waals surface area contributed by atoms with Crippen LogP contribution in [0.2, 0.25) is 5.02 Å². The van der Waals surface area contributed by atoms with Crippen molar-refractivity contribution in [1.29, 1.82) is 0 Å². The molecule has 0 aliphatic rings. The number of fused-ring (bicyclic) bond motifs is 1. The van der Waals surface area contributed by atoms with Gasteiger partial charge < -0.3 is 4.98 Å². The Morgan fingerprint density at radius 3 is 3.00 bits per heavy atom. The molecule has 0 saturated carbocycles. The maximum atomic E-state index is 6.02. The van der Waals surface area contributed by atoms with Gasteiger partial charge in [0.2, 0.25) is 0 Å². The number of unbranched alkanes of at least 4 members (excludes halogenated alkanes) is 1. The summed E-state index contributed by atoms with van der Waals surface area (Å²) >= 11 is 6.02. The maximum Gasteiger partial charge on any atom is 0.107 e. The number of rotatable bonds is 3. The molecule has 2 aromatic rings. The molecule has 2 rings (SSSR count). The Bertz CT molecular complexity index is 434. The Labute approximate surface area is 88.3 Å². The third kappa shape index (κ3) is 1.75. The van der Waals surface area contributed by atoms with Crippen molar-refractivity contribution in [3.8, 4) is 0 Å². The zero-order valence-electron chi connectivity index (χ0n) is 8.18. The van der Waals surface area contributed by atoms with Gasteiger partial charge in [-0.3, -0.25) is 0 Å². The van der Waals surface area contributed by atoms with Gasteiger partial charge >= 0.3 is 0 Å². The third-order valence-corrected chi connectivity index (χ3v) is 2.58. The van der Waals surface area contributed by atoms with Gasteiger partial charge in [0.1, 0.15) is 11.3 Å². The van der Waals surface area contributed by atoms with Gasteiger partial charge in [-0.25, -0.2) is 4.98 Å². The number of imidazole rings is 1. The van der Waals surface area contributed by atoms with Crippen LogP contribution in [-0.2, 0) is 6.42 Å². The van der Waals surface area contributed by atoms with Crippen LogP contribution in [0.5, 0.6) is 0 Å². The Hall–Kier alpha value is -1.02. The first-order valence-corrected chi connectivity index (χ1v) is 5.32. The van der Waals surface area contributed by atoms with Crippen LogP contribution in [0.1, 0.15) is 25.6 Å². The van der Waals surface area contributed by atoms with Gasteiger partial charge in [0.05, 0.1) is 10.5 Å². The predicted molar refractivity (Wildman–Crippen MR) is 59.7 cm³/mol. The fourth-order valence-corrected chi connectivity index (χ4v) is 1.73. The minimum Gasteiger partial charge on any atom is -0.342 e. The SMILES string of the molecule is CCCCc1nc2c(Cl)cccc2[nH]1. The summed E-state index contributed by atoms with van der Waals surface area (Å²) in [6.07, 6.45) is 3.35. The van der Waals surface area contributed by atoms with Gasteiger partial charge in [-0.2, -0.15) is 0 Å². The van der Waals surface area contributed by atoms with E-state index >= 15 is 0 Å². The number of benzene rings is 1. The average Bonchev–Trinajstić information content (AvgIpc) is 2.59. The van der Waals surface area contributed by atoms with E-state index in [1.54, 1.807) is 0 Å². The summed E-state index contributed by atoms with van der Waals surface area (Å²) in [5.74, 6) is 1.04. The minimum atomic E-state index is 0.724. The first-order chi connectivity index (χ1) is 6.81. The molecule has 0 bridgehead atoms. The molecule has 0 amide bonds. The molecule has 1 N–H and O–H groups in total. The van der Waals surface area contributed by atoms with Crippen LogP contribution in [0.3, 0.4) is 0 Å². The molecule has 0 fully saturated rings. The molecular formula is C11H13ClN2. The molecule has 74 valence electrons. The minimum absolute atomic E-state index is 0.724. The van der Waals surface area contributed by atoms with Gasteiger partial charge in [-0.15, -0.1) is 0 Å². The summed E-state index contributed by atoms with van der Waals surface area (Å²) in [6.45, 7) is 2.18. The fraction of sp³-hybridized carbons (Fsp3) is 0.364. The van der Waals surface area contributed by atoms with Crippen molar-refractivity contribution in [2.24, 2.45) is 0 Å². The standard InChI is InChI=1S/C11H13ClN2/c1-2-3-7-10-13-9-6-4-5-8(12)11(9)14-10/h4-6H,2-3,7H2,1H3,(H,13,14). The Kier molecular flexibility index (Phi) is 2.73. The van der Waals surface area contributed by atoms with E-state index < -0.39 is 0 Å². The number of aromatic nitrogens is 2. The number of nitrogens with one attached hydrogen (secondary N) is 1. The number of hydrogen-bond donors (Lipinski definition) is 1. The molecule has 1 heterocycles. The number of H-pyrrole nitrogens is 1. The van der Waals surface area contributed by atoms with E-state index in [9.17, 15) is 0 Å². The van der Waals surface area contributed by atoms with Crippen LogP contribution >= 0.6 is 11.6 Å². The Balaban J connectivity index is 2.36. The van der Waals surface area contributed by atoms with E-state index in [1.165, 1.54) is 6.42 Å². The molecule has 1 aromatic carbocycles. The lowest BCUT2D eigenvalue weighted by Crippen LogP contribution is -1.86. The highest BCUT2D eigenvalue weighted by Gasteiger charge is 2.04. The van der Waals surface area contributed by atoms with Gasteiger partial charge in [0.15, 0.2) is 0 Å². The summed E-state index contributed by atoms with van der Waals surface area (Å²) in [7, 11) is 0. The van der Waals surface area contributed by atoms with Crippen LogP contribution in [0, 0.1) is 0 Å². The zero-order chi connectivity index (χ0) is 9.97. The molecule has 2 nitrogen and oxygen atoms in total. The van der Waals surface area contributed by atoms with Crippen molar-refractivity contribution in [2.45, 2.75) is 26.2 Å². The first kappa shape index (κ1) is 9.53. The van der Waals surface area contributed by atoms with E-state index in [1.807, 2.05) is 18.2 Å².